The van der Waals surface area contributed by atoms with Crippen LogP contribution in [0.5, 0.6) is 0 Å². The van der Waals surface area contributed by atoms with Crippen LogP contribution in [-0.4, -0.2) is 13.1 Å². The number of aryl methyl sites for hydroxylation is 3. The van der Waals surface area contributed by atoms with Crippen LogP contribution in [0.2, 0.25) is 0 Å². The number of hydrogen-bond acceptors (Lipinski definition) is 2. The molecule has 16 heavy (non-hydrogen) atoms. The Balaban J connectivity index is 2.95. The number of nitrogens with one attached hydrogen (secondary N) is 1. The van der Waals surface area contributed by atoms with Gasteiger partial charge in [0.25, 0.3) is 0 Å². The van der Waals surface area contributed by atoms with Gasteiger partial charge in [-0.15, -0.1) is 0 Å². The Morgan fingerprint density at radius 3 is 2.31 bits per heavy atom. The van der Waals surface area contributed by atoms with Gasteiger partial charge in [-0.25, -0.2) is 0 Å². The first kappa shape index (κ1) is 13.2. The van der Waals surface area contributed by atoms with Gasteiger partial charge >= 0.3 is 0 Å². The molecule has 0 fully saturated rings. The van der Waals surface area contributed by atoms with Gasteiger partial charge in [0, 0.05) is 12.6 Å². The molecule has 0 aliphatic heterocycles. The zero-order valence-electron chi connectivity index (χ0n) is 10.9. The summed E-state index contributed by atoms with van der Waals surface area (Å²) in [4.78, 5) is 0. The first-order chi connectivity index (χ1) is 7.60. The third-order valence-corrected chi connectivity index (χ3v) is 3.13. The van der Waals surface area contributed by atoms with Crippen LogP contribution in [-0.2, 0) is 0 Å². The molecule has 0 saturated heterocycles. The largest absolute Gasteiger partial charge is 0.329 e. The van der Waals surface area contributed by atoms with E-state index in [1.54, 1.807) is 0 Å². The van der Waals surface area contributed by atoms with E-state index in [4.69, 9.17) is 5.73 Å². The molecule has 2 heteroatoms. The van der Waals surface area contributed by atoms with Crippen LogP contribution in [0.3, 0.4) is 0 Å². The van der Waals surface area contributed by atoms with Crippen LogP contribution in [0.15, 0.2) is 12.1 Å². The predicted octanol–water partition coefficient (Wildman–Crippen LogP) is 2.61. The van der Waals surface area contributed by atoms with Gasteiger partial charge < -0.3 is 11.1 Å². The van der Waals surface area contributed by atoms with E-state index in [2.05, 4.69) is 45.1 Å². The van der Waals surface area contributed by atoms with E-state index in [0.29, 0.717) is 12.6 Å². The number of benzene rings is 1. The average molecular weight is 220 g/mol. The minimum atomic E-state index is 0.291. The van der Waals surface area contributed by atoms with Crippen LogP contribution in [0.1, 0.15) is 41.6 Å². The molecule has 0 aliphatic rings. The Morgan fingerprint density at radius 1 is 1.12 bits per heavy atom. The summed E-state index contributed by atoms with van der Waals surface area (Å²) < 4.78 is 0. The number of hydrogen-bond donors (Lipinski definition) is 2. The zero-order chi connectivity index (χ0) is 12.1. The van der Waals surface area contributed by atoms with Crippen molar-refractivity contribution in [3.05, 3.63) is 34.4 Å². The minimum absolute atomic E-state index is 0.291. The lowest BCUT2D eigenvalue weighted by Gasteiger charge is -2.20. The van der Waals surface area contributed by atoms with Gasteiger partial charge in [0.1, 0.15) is 0 Å². The molecule has 2 nitrogen and oxygen atoms in total. The van der Waals surface area contributed by atoms with Crippen molar-refractivity contribution in [3.8, 4) is 0 Å². The van der Waals surface area contributed by atoms with Crippen LogP contribution < -0.4 is 11.1 Å². The molecule has 0 heterocycles. The van der Waals surface area contributed by atoms with E-state index in [1.165, 1.54) is 22.3 Å². The molecule has 1 aromatic carbocycles. The molecule has 1 aromatic rings. The molecule has 1 unspecified atom stereocenters. The first-order valence-corrected chi connectivity index (χ1v) is 6.11. The van der Waals surface area contributed by atoms with Gasteiger partial charge in [-0.2, -0.15) is 0 Å². The molecule has 1 rings (SSSR count). The van der Waals surface area contributed by atoms with Gasteiger partial charge in [0.05, 0.1) is 0 Å². The standard InChI is InChI=1S/C14H24N2/c1-5-6-16-14(9-15)13-8-11(3)10(2)7-12(13)4/h7-8,14,16H,5-6,9,15H2,1-4H3. The molecule has 0 aliphatic carbocycles. The highest BCUT2D eigenvalue weighted by Gasteiger charge is 2.12. The third-order valence-electron chi connectivity index (χ3n) is 3.13. The second-order valence-corrected chi connectivity index (χ2v) is 4.54. The van der Waals surface area contributed by atoms with E-state index in [0.717, 1.165) is 13.0 Å². The molecule has 0 aromatic heterocycles. The molecule has 0 spiro atoms. The fourth-order valence-corrected chi connectivity index (χ4v) is 2.00. The third kappa shape index (κ3) is 3.06. The average Bonchev–Trinajstić information content (AvgIpc) is 2.26. The van der Waals surface area contributed by atoms with Crippen molar-refractivity contribution >= 4 is 0 Å². The molecule has 0 saturated carbocycles. The topological polar surface area (TPSA) is 38.0 Å². The Morgan fingerprint density at radius 2 is 1.75 bits per heavy atom. The monoisotopic (exact) mass is 220 g/mol. The summed E-state index contributed by atoms with van der Waals surface area (Å²) in [6.45, 7) is 10.3. The van der Waals surface area contributed by atoms with E-state index in [-0.39, 0.29) is 0 Å². The summed E-state index contributed by atoms with van der Waals surface area (Å²) in [5, 5.41) is 3.50. The van der Waals surface area contributed by atoms with Crippen molar-refractivity contribution in [1.29, 1.82) is 0 Å². The Bertz CT molecular complexity index is 345. The molecule has 0 radical (unpaired) electrons. The SMILES string of the molecule is CCCNC(CN)c1cc(C)c(C)cc1C. The molecule has 3 N–H and O–H groups in total. The van der Waals surface area contributed by atoms with Crippen LogP contribution >= 0.6 is 0 Å². The van der Waals surface area contributed by atoms with Gasteiger partial charge in [-0.05, 0) is 56.0 Å². The second-order valence-electron chi connectivity index (χ2n) is 4.54. The van der Waals surface area contributed by atoms with Crippen molar-refractivity contribution in [2.24, 2.45) is 5.73 Å². The van der Waals surface area contributed by atoms with Crippen LogP contribution in [0, 0.1) is 20.8 Å². The molecule has 1 atom stereocenters. The Kier molecular flexibility index (Phi) is 4.97. The van der Waals surface area contributed by atoms with Gasteiger partial charge in [-0.1, -0.05) is 19.1 Å². The number of nitrogens with two attached hydrogens (primary N) is 1. The van der Waals surface area contributed by atoms with Crippen molar-refractivity contribution < 1.29 is 0 Å². The Hall–Kier alpha value is -0.860. The molecule has 0 bridgehead atoms. The molecular weight excluding hydrogens is 196 g/mol. The Labute approximate surface area is 99.2 Å². The summed E-state index contributed by atoms with van der Waals surface area (Å²) in [6.07, 6.45) is 1.14. The minimum Gasteiger partial charge on any atom is -0.329 e. The van der Waals surface area contributed by atoms with Crippen molar-refractivity contribution in [2.75, 3.05) is 13.1 Å². The maximum Gasteiger partial charge on any atom is 0.0447 e. The first-order valence-electron chi connectivity index (χ1n) is 6.11. The van der Waals surface area contributed by atoms with Crippen LogP contribution in [0.4, 0.5) is 0 Å². The quantitative estimate of drug-likeness (QED) is 0.800. The summed E-state index contributed by atoms with van der Waals surface area (Å²) in [7, 11) is 0. The second kappa shape index (κ2) is 6.02. The van der Waals surface area contributed by atoms with Crippen molar-refractivity contribution in [2.45, 2.75) is 40.2 Å². The van der Waals surface area contributed by atoms with Crippen molar-refractivity contribution in [3.63, 3.8) is 0 Å². The lowest BCUT2D eigenvalue weighted by atomic mass is 9.95. The van der Waals surface area contributed by atoms with Gasteiger partial charge in [-0.3, -0.25) is 0 Å². The molecular formula is C14H24N2. The van der Waals surface area contributed by atoms with Crippen LogP contribution in [0.25, 0.3) is 0 Å². The summed E-state index contributed by atoms with van der Waals surface area (Å²) in [5.41, 5.74) is 11.2. The van der Waals surface area contributed by atoms with E-state index in [9.17, 15) is 0 Å². The molecule has 90 valence electrons. The highest BCUT2D eigenvalue weighted by Crippen LogP contribution is 2.21. The number of rotatable bonds is 5. The summed E-state index contributed by atoms with van der Waals surface area (Å²) >= 11 is 0. The van der Waals surface area contributed by atoms with Gasteiger partial charge in [0.2, 0.25) is 0 Å². The molecule has 0 amide bonds. The highest BCUT2D eigenvalue weighted by atomic mass is 14.9. The maximum atomic E-state index is 5.84. The summed E-state index contributed by atoms with van der Waals surface area (Å²) in [5.74, 6) is 0. The predicted molar refractivity (Wildman–Crippen MR) is 70.7 cm³/mol. The van der Waals surface area contributed by atoms with Crippen molar-refractivity contribution in [1.82, 2.24) is 5.32 Å². The normalized spacial score (nSPS) is 12.8. The summed E-state index contributed by atoms with van der Waals surface area (Å²) in [6, 6.07) is 4.81. The lowest BCUT2D eigenvalue weighted by Crippen LogP contribution is -2.29. The van der Waals surface area contributed by atoms with E-state index >= 15 is 0 Å². The van der Waals surface area contributed by atoms with Gasteiger partial charge in [0.15, 0.2) is 0 Å². The smallest absolute Gasteiger partial charge is 0.0447 e. The fourth-order valence-electron chi connectivity index (χ4n) is 2.00. The fraction of sp³-hybridized carbons (Fsp3) is 0.571. The maximum absolute atomic E-state index is 5.84. The van der Waals surface area contributed by atoms with E-state index < -0.39 is 0 Å². The lowest BCUT2D eigenvalue weighted by molar-refractivity contribution is 0.537. The highest BCUT2D eigenvalue weighted by molar-refractivity contribution is 5.38. The zero-order valence-corrected chi connectivity index (χ0v) is 10.9. The van der Waals surface area contributed by atoms with E-state index in [1.807, 2.05) is 0 Å².